The molecule has 0 aliphatic rings. The van der Waals surface area contributed by atoms with Crippen molar-refractivity contribution in [3.05, 3.63) is 97.2 Å². The van der Waals surface area contributed by atoms with E-state index in [0.29, 0.717) is 19.3 Å². The minimum atomic E-state index is -0.805. The predicted molar refractivity (Wildman–Crippen MR) is 260 cm³/mol. The predicted octanol–water partition coefficient (Wildman–Crippen LogP) is 16.2. The van der Waals surface area contributed by atoms with Crippen LogP contribution >= 0.6 is 0 Å². The molecule has 6 nitrogen and oxygen atoms in total. The van der Waals surface area contributed by atoms with Crippen molar-refractivity contribution in [3.63, 3.8) is 0 Å². The number of hydrogen-bond donors (Lipinski definition) is 0. The van der Waals surface area contributed by atoms with Crippen molar-refractivity contribution in [2.45, 2.75) is 219 Å². The lowest BCUT2D eigenvalue weighted by Crippen LogP contribution is -2.30. The summed E-state index contributed by atoms with van der Waals surface area (Å²) < 4.78 is 16.7. The number of allylic oxidation sites excluding steroid dienone is 16. The Morgan fingerprint density at radius 2 is 0.590 bits per heavy atom. The highest BCUT2D eigenvalue weighted by Gasteiger charge is 2.19. The Kier molecular flexibility index (Phi) is 46.0. The third-order valence-corrected chi connectivity index (χ3v) is 10.1. The monoisotopic (exact) mass is 847 g/mol. The SMILES string of the molecule is CC/C=C\C/C=C\C/C=C\CCCCCCCCCCCC(=O)OCC(COC(=O)CCCCCCC/C=C\C/C=C\CC)OC(=O)CCCC/C=C\C/C=C\C/C=C\CC. The van der Waals surface area contributed by atoms with Crippen LogP contribution in [0.5, 0.6) is 0 Å². The summed E-state index contributed by atoms with van der Waals surface area (Å²) in [5.74, 6) is -0.968. The molecule has 0 heterocycles. The summed E-state index contributed by atoms with van der Waals surface area (Å²) in [4.78, 5) is 37.9. The first-order valence-electron chi connectivity index (χ1n) is 24.7. The molecule has 346 valence electrons. The number of esters is 3. The van der Waals surface area contributed by atoms with Crippen LogP contribution < -0.4 is 0 Å². The average molecular weight is 847 g/mol. The van der Waals surface area contributed by atoms with Gasteiger partial charge in [0, 0.05) is 19.3 Å². The first-order chi connectivity index (χ1) is 30.0. The quantitative estimate of drug-likeness (QED) is 0.0263. The molecule has 0 saturated heterocycles. The molecule has 0 N–H and O–H groups in total. The zero-order chi connectivity index (χ0) is 44.4. The number of hydrogen-bond acceptors (Lipinski definition) is 6. The molecule has 0 saturated carbocycles. The highest BCUT2D eigenvalue weighted by atomic mass is 16.6. The van der Waals surface area contributed by atoms with E-state index < -0.39 is 6.10 Å². The molecule has 0 spiro atoms. The van der Waals surface area contributed by atoms with E-state index in [-0.39, 0.29) is 37.5 Å². The number of rotatable bonds is 43. The van der Waals surface area contributed by atoms with Crippen LogP contribution in [0, 0.1) is 0 Å². The summed E-state index contributed by atoms with van der Waals surface area (Å²) >= 11 is 0. The molecule has 0 bridgehead atoms. The Morgan fingerprint density at radius 3 is 0.951 bits per heavy atom. The maximum atomic E-state index is 12.7. The van der Waals surface area contributed by atoms with Crippen molar-refractivity contribution in [2.75, 3.05) is 13.2 Å². The van der Waals surface area contributed by atoms with Crippen LogP contribution in [-0.4, -0.2) is 37.2 Å². The van der Waals surface area contributed by atoms with E-state index >= 15 is 0 Å². The molecule has 0 aliphatic carbocycles. The van der Waals surface area contributed by atoms with Crippen molar-refractivity contribution in [1.82, 2.24) is 0 Å². The molecule has 0 aromatic carbocycles. The van der Waals surface area contributed by atoms with Crippen LogP contribution in [0.1, 0.15) is 213 Å². The van der Waals surface area contributed by atoms with E-state index in [1.165, 1.54) is 44.9 Å². The number of ether oxygens (including phenoxy) is 3. The fourth-order valence-corrected chi connectivity index (χ4v) is 6.45. The second kappa shape index (κ2) is 49.0. The molecule has 0 fully saturated rings. The molecular weight excluding hydrogens is 757 g/mol. The van der Waals surface area contributed by atoms with Crippen LogP contribution in [0.3, 0.4) is 0 Å². The maximum Gasteiger partial charge on any atom is 0.306 e. The highest BCUT2D eigenvalue weighted by molar-refractivity contribution is 5.71. The second-order valence-corrected chi connectivity index (χ2v) is 15.9. The summed E-state index contributed by atoms with van der Waals surface area (Å²) in [6.45, 7) is 6.23. The van der Waals surface area contributed by atoms with Crippen LogP contribution in [0.15, 0.2) is 97.2 Å². The van der Waals surface area contributed by atoms with Crippen LogP contribution in [0.4, 0.5) is 0 Å². The van der Waals surface area contributed by atoms with Crippen LogP contribution in [0.25, 0.3) is 0 Å². The van der Waals surface area contributed by atoms with Gasteiger partial charge in [-0.15, -0.1) is 0 Å². The zero-order valence-corrected chi connectivity index (χ0v) is 39.4. The van der Waals surface area contributed by atoms with E-state index in [1.54, 1.807) is 0 Å². The van der Waals surface area contributed by atoms with E-state index in [1.807, 2.05) is 0 Å². The minimum absolute atomic E-state index is 0.102. The topological polar surface area (TPSA) is 78.9 Å². The summed E-state index contributed by atoms with van der Waals surface area (Å²) in [6.07, 6.45) is 64.0. The standard InChI is InChI=1S/C55H90O6/c1-4-7-10-13-16-19-22-25-26-27-28-29-30-31-34-36-39-42-45-48-54(57)60-51-52(61-55(58)49-46-43-40-37-33-24-21-18-15-12-9-6-3)50-59-53(56)47-44-41-38-35-32-23-20-17-14-11-8-5-2/h7-12,16-21,25-26,33,37,52H,4-6,13-15,22-24,27-32,34-36,38-51H2,1-3H3/b10-7-,11-8-,12-9-,19-16-,20-17-,21-18-,26-25-,37-33-. The summed E-state index contributed by atoms with van der Waals surface area (Å²) in [6, 6.07) is 0. The first kappa shape index (κ1) is 57.3. The minimum Gasteiger partial charge on any atom is -0.462 e. The number of carbonyl (C=O) groups is 3. The van der Waals surface area contributed by atoms with Gasteiger partial charge in [-0.1, -0.05) is 182 Å². The van der Waals surface area contributed by atoms with Gasteiger partial charge in [-0.05, 0) is 109 Å². The molecule has 6 heteroatoms. The Labute approximate surface area is 375 Å². The number of unbranched alkanes of at least 4 members (excludes halogenated alkanes) is 16. The third-order valence-electron chi connectivity index (χ3n) is 10.1. The molecule has 1 unspecified atom stereocenters. The molecule has 0 aromatic heterocycles. The highest BCUT2D eigenvalue weighted by Crippen LogP contribution is 2.14. The third kappa shape index (κ3) is 47.2. The fraction of sp³-hybridized carbons (Fsp3) is 0.655. The lowest BCUT2D eigenvalue weighted by Gasteiger charge is -2.18. The molecule has 61 heavy (non-hydrogen) atoms. The van der Waals surface area contributed by atoms with Gasteiger partial charge in [0.25, 0.3) is 0 Å². The molecule has 0 aromatic rings. The van der Waals surface area contributed by atoms with E-state index in [9.17, 15) is 14.4 Å². The van der Waals surface area contributed by atoms with Gasteiger partial charge in [0.1, 0.15) is 13.2 Å². The van der Waals surface area contributed by atoms with Gasteiger partial charge in [-0.25, -0.2) is 0 Å². The molecule has 1 atom stereocenters. The average Bonchev–Trinajstić information content (AvgIpc) is 3.26. The van der Waals surface area contributed by atoms with Gasteiger partial charge < -0.3 is 14.2 Å². The summed E-state index contributed by atoms with van der Waals surface area (Å²) in [5.41, 5.74) is 0. The largest absolute Gasteiger partial charge is 0.462 e. The number of carbonyl (C=O) groups excluding carboxylic acids is 3. The van der Waals surface area contributed by atoms with Gasteiger partial charge >= 0.3 is 17.9 Å². The normalized spacial score (nSPS) is 12.9. The van der Waals surface area contributed by atoms with Gasteiger partial charge in [0.15, 0.2) is 6.10 Å². The van der Waals surface area contributed by atoms with Crippen molar-refractivity contribution in [2.24, 2.45) is 0 Å². The van der Waals surface area contributed by atoms with Crippen molar-refractivity contribution in [3.8, 4) is 0 Å². The van der Waals surface area contributed by atoms with Crippen LogP contribution in [-0.2, 0) is 28.6 Å². The van der Waals surface area contributed by atoms with Crippen molar-refractivity contribution >= 4 is 17.9 Å². The fourth-order valence-electron chi connectivity index (χ4n) is 6.45. The lowest BCUT2D eigenvalue weighted by molar-refractivity contribution is -0.167. The van der Waals surface area contributed by atoms with Gasteiger partial charge in [-0.2, -0.15) is 0 Å². The molecule has 0 radical (unpaired) electrons. The van der Waals surface area contributed by atoms with Gasteiger partial charge in [0.05, 0.1) is 0 Å². The Bertz CT molecular complexity index is 1250. The molecule has 0 rings (SSSR count). The first-order valence-corrected chi connectivity index (χ1v) is 24.7. The molecule has 0 aliphatic heterocycles. The second-order valence-electron chi connectivity index (χ2n) is 15.9. The molecular formula is C55H90O6. The smallest absolute Gasteiger partial charge is 0.306 e. The summed E-state index contributed by atoms with van der Waals surface area (Å²) in [7, 11) is 0. The van der Waals surface area contributed by atoms with Gasteiger partial charge in [-0.3, -0.25) is 14.4 Å². The Balaban J connectivity index is 4.40. The van der Waals surface area contributed by atoms with Crippen LogP contribution in [0.2, 0.25) is 0 Å². The van der Waals surface area contributed by atoms with Crippen molar-refractivity contribution < 1.29 is 28.6 Å². The molecule has 0 amide bonds. The van der Waals surface area contributed by atoms with E-state index in [0.717, 1.165) is 122 Å². The Morgan fingerprint density at radius 1 is 0.328 bits per heavy atom. The zero-order valence-electron chi connectivity index (χ0n) is 39.4. The van der Waals surface area contributed by atoms with Crippen molar-refractivity contribution in [1.29, 1.82) is 0 Å². The lowest BCUT2D eigenvalue weighted by atomic mass is 10.1. The Hall–Kier alpha value is -3.67. The summed E-state index contributed by atoms with van der Waals surface area (Å²) in [5, 5.41) is 0. The van der Waals surface area contributed by atoms with Gasteiger partial charge in [0.2, 0.25) is 0 Å². The van der Waals surface area contributed by atoms with E-state index in [2.05, 4.69) is 118 Å². The van der Waals surface area contributed by atoms with E-state index in [4.69, 9.17) is 14.2 Å². The maximum absolute atomic E-state index is 12.7.